The Bertz CT molecular complexity index is 197. The van der Waals surface area contributed by atoms with E-state index in [-0.39, 0.29) is 5.92 Å². The highest BCUT2D eigenvalue weighted by Crippen LogP contribution is 2.14. The monoisotopic (exact) mass is 154 g/mol. The molecule has 1 rings (SSSR count). The number of aliphatic carboxylic acids is 1. The first-order valence-corrected chi connectivity index (χ1v) is 3.56. The van der Waals surface area contributed by atoms with E-state index in [4.69, 9.17) is 10.4 Å². The van der Waals surface area contributed by atoms with E-state index in [0.29, 0.717) is 19.5 Å². The molecule has 0 aromatic heterocycles. The number of carboxylic acid groups (broad SMARTS) is 1. The molecule has 0 aromatic rings. The number of nitrogens with zero attached hydrogens (tertiary/aromatic N) is 2. The van der Waals surface area contributed by atoms with Crippen molar-refractivity contribution in [3.8, 4) is 6.07 Å². The maximum atomic E-state index is 10.4. The lowest BCUT2D eigenvalue weighted by Gasteiger charge is -2.08. The first-order valence-electron chi connectivity index (χ1n) is 3.56. The van der Waals surface area contributed by atoms with Gasteiger partial charge in [0.2, 0.25) is 0 Å². The molecule has 11 heavy (non-hydrogen) atoms. The quantitative estimate of drug-likeness (QED) is 0.565. The topological polar surface area (TPSA) is 64.3 Å². The Kier molecular flexibility index (Phi) is 2.44. The molecule has 4 heteroatoms. The van der Waals surface area contributed by atoms with E-state index in [0.717, 1.165) is 6.54 Å². The Hall–Kier alpha value is -1.08. The van der Waals surface area contributed by atoms with Crippen molar-refractivity contribution in [2.75, 3.05) is 19.6 Å². The van der Waals surface area contributed by atoms with E-state index in [9.17, 15) is 4.79 Å². The van der Waals surface area contributed by atoms with Crippen LogP contribution in [0.5, 0.6) is 0 Å². The average molecular weight is 154 g/mol. The minimum absolute atomic E-state index is 0.261. The molecule has 1 N–H and O–H groups in total. The molecule has 0 aliphatic carbocycles. The highest BCUT2D eigenvalue weighted by molar-refractivity contribution is 5.70. The second-order valence-electron chi connectivity index (χ2n) is 2.72. The second-order valence-corrected chi connectivity index (χ2v) is 2.72. The van der Waals surface area contributed by atoms with Gasteiger partial charge in [0.25, 0.3) is 0 Å². The molecule has 1 heterocycles. The van der Waals surface area contributed by atoms with Crippen LogP contribution in [0.25, 0.3) is 0 Å². The Labute approximate surface area is 65.0 Å². The Balaban J connectivity index is 2.36. The molecular weight excluding hydrogens is 144 g/mol. The van der Waals surface area contributed by atoms with E-state index in [1.54, 1.807) is 0 Å². The predicted molar refractivity (Wildman–Crippen MR) is 37.8 cm³/mol. The number of nitriles is 1. The van der Waals surface area contributed by atoms with Crippen LogP contribution in [0.3, 0.4) is 0 Å². The van der Waals surface area contributed by atoms with Crippen molar-refractivity contribution in [2.45, 2.75) is 6.42 Å². The molecule has 0 aromatic carbocycles. The largest absolute Gasteiger partial charge is 0.481 e. The van der Waals surface area contributed by atoms with E-state index in [1.165, 1.54) is 0 Å². The van der Waals surface area contributed by atoms with Gasteiger partial charge in [0, 0.05) is 13.1 Å². The number of carbonyl (C=O) groups is 1. The lowest BCUT2D eigenvalue weighted by molar-refractivity contribution is -0.141. The lowest BCUT2D eigenvalue weighted by atomic mass is 10.1. The van der Waals surface area contributed by atoms with E-state index in [1.807, 2.05) is 11.0 Å². The van der Waals surface area contributed by atoms with Crippen molar-refractivity contribution in [2.24, 2.45) is 5.92 Å². The average Bonchev–Trinajstić information content (AvgIpc) is 2.37. The normalized spacial score (nSPS) is 24.8. The van der Waals surface area contributed by atoms with Crippen LogP contribution >= 0.6 is 0 Å². The van der Waals surface area contributed by atoms with Gasteiger partial charge in [0.05, 0.1) is 18.5 Å². The Morgan fingerprint density at radius 1 is 1.82 bits per heavy atom. The lowest BCUT2D eigenvalue weighted by Crippen LogP contribution is -2.23. The van der Waals surface area contributed by atoms with Crippen molar-refractivity contribution < 1.29 is 9.90 Å². The summed E-state index contributed by atoms with van der Waals surface area (Å²) < 4.78 is 0. The summed E-state index contributed by atoms with van der Waals surface area (Å²) in [6.45, 7) is 1.62. The first kappa shape index (κ1) is 8.02. The molecule has 1 aliphatic heterocycles. The van der Waals surface area contributed by atoms with Gasteiger partial charge >= 0.3 is 5.97 Å². The fourth-order valence-corrected chi connectivity index (χ4v) is 1.28. The van der Waals surface area contributed by atoms with Crippen LogP contribution in [-0.4, -0.2) is 35.6 Å². The fraction of sp³-hybridized carbons (Fsp3) is 0.714. The van der Waals surface area contributed by atoms with Gasteiger partial charge < -0.3 is 5.11 Å². The van der Waals surface area contributed by atoms with Gasteiger partial charge in [-0.2, -0.15) is 5.26 Å². The van der Waals surface area contributed by atoms with Crippen LogP contribution in [0.4, 0.5) is 0 Å². The summed E-state index contributed by atoms with van der Waals surface area (Å²) in [6, 6.07) is 2.00. The van der Waals surface area contributed by atoms with Gasteiger partial charge in [-0.25, -0.2) is 0 Å². The minimum atomic E-state index is -0.745. The van der Waals surface area contributed by atoms with Gasteiger partial charge in [0.15, 0.2) is 0 Å². The standard InChI is InChI=1S/C7H10N2O2/c8-2-4-9-3-1-6(5-9)7(10)11/h6H,1,3-5H2,(H,10,11). The highest BCUT2D eigenvalue weighted by Gasteiger charge is 2.27. The first-order chi connectivity index (χ1) is 5.24. The van der Waals surface area contributed by atoms with Crippen LogP contribution in [-0.2, 0) is 4.79 Å². The summed E-state index contributed by atoms with van der Waals surface area (Å²) in [5.74, 6) is -1.01. The number of hydrogen-bond donors (Lipinski definition) is 1. The number of hydrogen-bond acceptors (Lipinski definition) is 3. The van der Waals surface area contributed by atoms with Crippen LogP contribution < -0.4 is 0 Å². The Morgan fingerprint density at radius 3 is 3.00 bits per heavy atom. The second kappa shape index (κ2) is 3.35. The summed E-state index contributed by atoms with van der Waals surface area (Å²) in [7, 11) is 0. The van der Waals surface area contributed by atoms with Gasteiger partial charge in [-0.1, -0.05) is 0 Å². The van der Waals surface area contributed by atoms with Crippen LogP contribution in [0.15, 0.2) is 0 Å². The van der Waals surface area contributed by atoms with Crippen molar-refractivity contribution >= 4 is 5.97 Å². The SMILES string of the molecule is N#CCN1CCC(C(=O)O)C1. The van der Waals surface area contributed by atoms with Crippen LogP contribution in [0.2, 0.25) is 0 Å². The predicted octanol–water partition coefficient (Wildman–Crippen LogP) is -0.0835. The van der Waals surface area contributed by atoms with Crippen LogP contribution in [0.1, 0.15) is 6.42 Å². The fourth-order valence-electron chi connectivity index (χ4n) is 1.28. The van der Waals surface area contributed by atoms with Crippen molar-refractivity contribution in [3.63, 3.8) is 0 Å². The smallest absolute Gasteiger partial charge is 0.307 e. The van der Waals surface area contributed by atoms with E-state index in [2.05, 4.69) is 0 Å². The molecule has 1 aliphatic rings. The summed E-state index contributed by atoms with van der Waals surface area (Å²) >= 11 is 0. The molecule has 0 bridgehead atoms. The van der Waals surface area contributed by atoms with Gasteiger partial charge in [-0.05, 0) is 6.42 Å². The summed E-state index contributed by atoms with van der Waals surface area (Å²) in [6.07, 6.45) is 0.678. The summed E-state index contributed by atoms with van der Waals surface area (Å²) in [5.41, 5.74) is 0. The van der Waals surface area contributed by atoms with Crippen molar-refractivity contribution in [1.82, 2.24) is 4.90 Å². The maximum Gasteiger partial charge on any atom is 0.307 e. The molecule has 0 radical (unpaired) electrons. The zero-order valence-corrected chi connectivity index (χ0v) is 6.16. The van der Waals surface area contributed by atoms with Crippen molar-refractivity contribution in [1.29, 1.82) is 5.26 Å². The van der Waals surface area contributed by atoms with E-state index < -0.39 is 5.97 Å². The minimum Gasteiger partial charge on any atom is -0.481 e. The number of rotatable bonds is 2. The molecule has 4 nitrogen and oxygen atoms in total. The zero-order valence-electron chi connectivity index (χ0n) is 6.16. The molecule has 0 saturated carbocycles. The van der Waals surface area contributed by atoms with E-state index >= 15 is 0 Å². The zero-order chi connectivity index (χ0) is 8.27. The number of carboxylic acids is 1. The third kappa shape index (κ3) is 1.92. The molecule has 1 unspecified atom stereocenters. The Morgan fingerprint density at radius 2 is 2.55 bits per heavy atom. The third-order valence-electron chi connectivity index (χ3n) is 1.92. The van der Waals surface area contributed by atoms with Crippen LogP contribution in [0, 0.1) is 17.2 Å². The molecule has 1 fully saturated rings. The van der Waals surface area contributed by atoms with Crippen molar-refractivity contribution in [3.05, 3.63) is 0 Å². The molecule has 60 valence electrons. The summed E-state index contributed by atoms with van der Waals surface area (Å²) in [5, 5.41) is 16.9. The molecule has 0 spiro atoms. The van der Waals surface area contributed by atoms with Gasteiger partial charge in [0.1, 0.15) is 0 Å². The molecular formula is C7H10N2O2. The van der Waals surface area contributed by atoms with Gasteiger partial charge in [-0.15, -0.1) is 0 Å². The molecule has 1 saturated heterocycles. The summed E-state index contributed by atoms with van der Waals surface area (Å²) in [4.78, 5) is 12.3. The molecule has 0 amide bonds. The highest BCUT2D eigenvalue weighted by atomic mass is 16.4. The molecule has 1 atom stereocenters. The van der Waals surface area contributed by atoms with Gasteiger partial charge in [-0.3, -0.25) is 9.69 Å². The number of likely N-dealkylation sites (tertiary alicyclic amines) is 1. The maximum absolute atomic E-state index is 10.4. The third-order valence-corrected chi connectivity index (χ3v) is 1.92.